The predicted molar refractivity (Wildman–Crippen MR) is 86.5 cm³/mol. The molecule has 0 spiro atoms. The fourth-order valence-corrected chi connectivity index (χ4v) is 2.71. The summed E-state index contributed by atoms with van der Waals surface area (Å²) in [5, 5.41) is 3.05. The molecule has 3 rings (SSSR count). The van der Waals surface area contributed by atoms with E-state index in [-0.39, 0.29) is 17.9 Å². The zero-order chi connectivity index (χ0) is 16.2. The normalized spacial score (nSPS) is 17.6. The Bertz CT molecular complexity index is 688. The minimum Gasteiger partial charge on any atom is -0.497 e. The number of ether oxygens (including phenoxy) is 2. The molecule has 0 unspecified atom stereocenters. The van der Waals surface area contributed by atoms with Crippen LogP contribution < -0.4 is 14.8 Å². The van der Waals surface area contributed by atoms with Gasteiger partial charge in [-0.3, -0.25) is 9.78 Å². The van der Waals surface area contributed by atoms with E-state index in [1.54, 1.807) is 19.5 Å². The summed E-state index contributed by atoms with van der Waals surface area (Å²) in [4.78, 5) is 16.5. The maximum Gasteiger partial charge on any atom is 0.227 e. The highest BCUT2D eigenvalue weighted by Gasteiger charge is 2.27. The first-order chi connectivity index (χ1) is 11.2. The van der Waals surface area contributed by atoms with Crippen LogP contribution in [0.4, 0.5) is 0 Å². The number of nitrogens with zero attached hydrogens (tertiary/aromatic N) is 1. The van der Waals surface area contributed by atoms with Crippen LogP contribution in [0.1, 0.15) is 24.1 Å². The molecule has 0 fully saturated rings. The molecular formula is C18H20N2O3. The van der Waals surface area contributed by atoms with Gasteiger partial charge in [-0.1, -0.05) is 6.07 Å². The van der Waals surface area contributed by atoms with E-state index < -0.39 is 0 Å². The third-order valence-electron chi connectivity index (χ3n) is 4.12. The Hall–Kier alpha value is -2.56. The number of amides is 1. The number of methoxy groups -OCH3 is 1. The van der Waals surface area contributed by atoms with Gasteiger partial charge in [-0.05, 0) is 42.7 Å². The zero-order valence-corrected chi connectivity index (χ0v) is 13.3. The number of fused-ring (bicyclic) bond motifs is 1. The van der Waals surface area contributed by atoms with Gasteiger partial charge in [0.2, 0.25) is 5.91 Å². The van der Waals surface area contributed by atoms with Crippen molar-refractivity contribution in [3.05, 3.63) is 53.9 Å². The first-order valence-electron chi connectivity index (χ1n) is 7.67. The monoisotopic (exact) mass is 312 g/mol. The summed E-state index contributed by atoms with van der Waals surface area (Å²) in [7, 11) is 1.63. The van der Waals surface area contributed by atoms with Crippen LogP contribution in [0.2, 0.25) is 0 Å². The summed E-state index contributed by atoms with van der Waals surface area (Å²) >= 11 is 0. The Balaban J connectivity index is 1.65. The van der Waals surface area contributed by atoms with Gasteiger partial charge in [-0.15, -0.1) is 0 Å². The molecule has 1 aromatic heterocycles. The SMILES string of the molecule is COc1ccc2c(c1)OC[C@@H](C(=O)N[C@H](C)c1ccncc1)C2. The second kappa shape index (κ2) is 6.69. The van der Waals surface area contributed by atoms with Crippen molar-refractivity contribution in [2.24, 2.45) is 5.92 Å². The molecular weight excluding hydrogens is 292 g/mol. The van der Waals surface area contributed by atoms with Crippen molar-refractivity contribution in [1.82, 2.24) is 10.3 Å². The molecule has 0 aliphatic carbocycles. The van der Waals surface area contributed by atoms with Crippen LogP contribution >= 0.6 is 0 Å². The average Bonchev–Trinajstić information content (AvgIpc) is 2.61. The van der Waals surface area contributed by atoms with Gasteiger partial charge in [-0.2, -0.15) is 0 Å². The van der Waals surface area contributed by atoms with E-state index in [2.05, 4.69) is 10.3 Å². The van der Waals surface area contributed by atoms with Gasteiger partial charge < -0.3 is 14.8 Å². The van der Waals surface area contributed by atoms with Crippen LogP contribution in [-0.2, 0) is 11.2 Å². The van der Waals surface area contributed by atoms with Crippen molar-refractivity contribution in [3.8, 4) is 11.5 Å². The molecule has 0 bridgehead atoms. The third kappa shape index (κ3) is 3.44. The lowest BCUT2D eigenvalue weighted by Crippen LogP contribution is -2.38. The van der Waals surface area contributed by atoms with Crippen molar-refractivity contribution >= 4 is 5.91 Å². The van der Waals surface area contributed by atoms with Gasteiger partial charge in [0.15, 0.2) is 0 Å². The number of benzene rings is 1. The standard InChI is InChI=1S/C18H20N2O3/c1-12(13-5-7-19-8-6-13)20-18(21)15-9-14-3-4-16(22-2)10-17(14)23-11-15/h3-8,10,12,15H,9,11H2,1-2H3,(H,20,21)/t12-,15+/m1/s1. The molecule has 2 aromatic rings. The fourth-order valence-electron chi connectivity index (χ4n) is 2.71. The Morgan fingerprint density at radius 1 is 1.35 bits per heavy atom. The van der Waals surface area contributed by atoms with Crippen molar-refractivity contribution in [2.75, 3.05) is 13.7 Å². The highest BCUT2D eigenvalue weighted by molar-refractivity contribution is 5.80. The molecule has 2 atom stereocenters. The molecule has 23 heavy (non-hydrogen) atoms. The van der Waals surface area contributed by atoms with Crippen LogP contribution in [0.15, 0.2) is 42.7 Å². The molecule has 120 valence electrons. The molecule has 2 heterocycles. The fraction of sp³-hybridized carbons (Fsp3) is 0.333. The first-order valence-corrected chi connectivity index (χ1v) is 7.67. The lowest BCUT2D eigenvalue weighted by atomic mass is 9.95. The molecule has 1 aliphatic heterocycles. The highest BCUT2D eigenvalue weighted by atomic mass is 16.5. The lowest BCUT2D eigenvalue weighted by Gasteiger charge is -2.26. The quantitative estimate of drug-likeness (QED) is 0.942. The van der Waals surface area contributed by atoms with E-state index in [0.29, 0.717) is 13.0 Å². The molecule has 5 heteroatoms. The number of carbonyl (C=O) groups is 1. The number of rotatable bonds is 4. The number of aromatic nitrogens is 1. The van der Waals surface area contributed by atoms with Gasteiger partial charge in [0.1, 0.15) is 18.1 Å². The maximum absolute atomic E-state index is 12.5. The predicted octanol–water partition coefficient (Wildman–Crippen LogP) is 2.52. The van der Waals surface area contributed by atoms with E-state index in [1.165, 1.54) is 0 Å². The van der Waals surface area contributed by atoms with Gasteiger partial charge in [0, 0.05) is 18.5 Å². The average molecular weight is 312 g/mol. The maximum atomic E-state index is 12.5. The lowest BCUT2D eigenvalue weighted by molar-refractivity contribution is -0.126. The van der Waals surface area contributed by atoms with E-state index >= 15 is 0 Å². The Morgan fingerprint density at radius 3 is 2.87 bits per heavy atom. The summed E-state index contributed by atoms with van der Waals surface area (Å²) < 4.78 is 10.9. The molecule has 0 radical (unpaired) electrons. The van der Waals surface area contributed by atoms with E-state index in [4.69, 9.17) is 9.47 Å². The summed E-state index contributed by atoms with van der Waals surface area (Å²) in [5.41, 5.74) is 2.07. The van der Waals surface area contributed by atoms with Crippen molar-refractivity contribution in [1.29, 1.82) is 0 Å². The van der Waals surface area contributed by atoms with E-state index in [0.717, 1.165) is 22.6 Å². The van der Waals surface area contributed by atoms with E-state index in [9.17, 15) is 4.79 Å². The van der Waals surface area contributed by atoms with Gasteiger partial charge >= 0.3 is 0 Å². The first kappa shape index (κ1) is 15.3. The van der Waals surface area contributed by atoms with Crippen molar-refractivity contribution in [3.63, 3.8) is 0 Å². The van der Waals surface area contributed by atoms with Gasteiger partial charge in [-0.25, -0.2) is 0 Å². The zero-order valence-electron chi connectivity index (χ0n) is 13.3. The summed E-state index contributed by atoms with van der Waals surface area (Å²) in [5.74, 6) is 1.39. The summed E-state index contributed by atoms with van der Waals surface area (Å²) in [6, 6.07) is 9.47. The topological polar surface area (TPSA) is 60.5 Å². The Kier molecular flexibility index (Phi) is 4.46. The van der Waals surface area contributed by atoms with Crippen LogP contribution in [-0.4, -0.2) is 24.6 Å². The number of hydrogen-bond acceptors (Lipinski definition) is 4. The van der Waals surface area contributed by atoms with Gasteiger partial charge in [0.25, 0.3) is 0 Å². The molecule has 1 amide bonds. The summed E-state index contributed by atoms with van der Waals surface area (Å²) in [6.45, 7) is 2.35. The van der Waals surface area contributed by atoms with Gasteiger partial charge in [0.05, 0.1) is 19.1 Å². The van der Waals surface area contributed by atoms with E-state index in [1.807, 2.05) is 37.3 Å². The second-order valence-electron chi connectivity index (χ2n) is 5.70. The smallest absolute Gasteiger partial charge is 0.227 e. The van der Waals surface area contributed by atoms with Crippen LogP contribution in [0.3, 0.4) is 0 Å². The molecule has 0 saturated carbocycles. The Labute approximate surface area is 135 Å². The van der Waals surface area contributed by atoms with Crippen molar-refractivity contribution < 1.29 is 14.3 Å². The van der Waals surface area contributed by atoms with Crippen molar-refractivity contribution in [2.45, 2.75) is 19.4 Å². The highest BCUT2D eigenvalue weighted by Crippen LogP contribution is 2.31. The molecule has 1 aromatic carbocycles. The van der Waals surface area contributed by atoms with Crippen LogP contribution in [0, 0.1) is 5.92 Å². The van der Waals surface area contributed by atoms with Crippen LogP contribution in [0.25, 0.3) is 0 Å². The third-order valence-corrected chi connectivity index (χ3v) is 4.12. The molecule has 0 saturated heterocycles. The number of pyridine rings is 1. The van der Waals surface area contributed by atoms with Crippen LogP contribution in [0.5, 0.6) is 11.5 Å². The summed E-state index contributed by atoms with van der Waals surface area (Å²) in [6.07, 6.45) is 4.13. The second-order valence-corrected chi connectivity index (χ2v) is 5.70. The Morgan fingerprint density at radius 2 is 2.13 bits per heavy atom. The molecule has 5 nitrogen and oxygen atoms in total. The number of carbonyl (C=O) groups excluding carboxylic acids is 1. The minimum atomic E-state index is -0.180. The molecule has 1 N–H and O–H groups in total. The number of hydrogen-bond donors (Lipinski definition) is 1. The largest absolute Gasteiger partial charge is 0.497 e. The minimum absolute atomic E-state index is 0.00998. The number of nitrogens with one attached hydrogen (secondary N) is 1. The molecule has 1 aliphatic rings.